The third-order valence-corrected chi connectivity index (χ3v) is 3.41. The average Bonchev–Trinajstić information content (AvgIpc) is 2.38. The van der Waals surface area contributed by atoms with Gasteiger partial charge < -0.3 is 10.6 Å². The van der Waals surface area contributed by atoms with E-state index in [2.05, 4.69) is 37.8 Å². The van der Waals surface area contributed by atoms with Crippen LogP contribution >= 0.6 is 0 Å². The van der Waals surface area contributed by atoms with Crippen molar-refractivity contribution >= 4 is 22.6 Å². The number of aromatic nitrogens is 1. The lowest BCUT2D eigenvalue weighted by Crippen LogP contribution is -2.35. The summed E-state index contributed by atoms with van der Waals surface area (Å²) in [5.41, 5.74) is 7.64. The lowest BCUT2D eigenvalue weighted by atomic mass is 10.1. The minimum atomic E-state index is 0.217. The predicted molar refractivity (Wildman–Crippen MR) is 85.5 cm³/mol. The van der Waals surface area contributed by atoms with E-state index in [1.807, 2.05) is 18.2 Å². The molecule has 2 aromatic rings. The Kier molecular flexibility index (Phi) is 4.23. The molecule has 0 saturated carbocycles. The second kappa shape index (κ2) is 5.90. The van der Waals surface area contributed by atoms with Crippen molar-refractivity contribution in [1.29, 1.82) is 5.41 Å². The van der Waals surface area contributed by atoms with E-state index in [-0.39, 0.29) is 5.84 Å². The molecule has 0 bridgehead atoms. The van der Waals surface area contributed by atoms with Crippen LogP contribution in [-0.2, 0) is 0 Å². The van der Waals surface area contributed by atoms with Gasteiger partial charge in [-0.1, -0.05) is 18.2 Å². The molecule has 1 aromatic heterocycles. The minimum Gasteiger partial charge on any atom is -0.388 e. The van der Waals surface area contributed by atoms with Crippen LogP contribution in [0.25, 0.3) is 10.9 Å². The van der Waals surface area contributed by atoms with Gasteiger partial charge in [0.2, 0.25) is 0 Å². The fraction of sp³-hybridized carbons (Fsp3) is 0.375. The molecule has 1 aromatic carbocycles. The summed E-state index contributed by atoms with van der Waals surface area (Å²) in [5, 5.41) is 8.56. The summed E-state index contributed by atoms with van der Waals surface area (Å²) < 4.78 is 0. The number of para-hydroxylation sites is 1. The highest BCUT2D eigenvalue weighted by atomic mass is 15.2. The lowest BCUT2D eigenvalue weighted by molar-refractivity contribution is 0.678. The van der Waals surface area contributed by atoms with Gasteiger partial charge in [-0.25, -0.2) is 4.98 Å². The Morgan fingerprint density at radius 3 is 2.70 bits per heavy atom. The van der Waals surface area contributed by atoms with Crippen LogP contribution < -0.4 is 10.6 Å². The van der Waals surface area contributed by atoms with Crippen LogP contribution in [0.2, 0.25) is 0 Å². The molecule has 0 unspecified atom stereocenters. The van der Waals surface area contributed by atoms with E-state index >= 15 is 0 Å². The van der Waals surface area contributed by atoms with E-state index in [9.17, 15) is 0 Å². The summed E-state index contributed by atoms with van der Waals surface area (Å²) in [7, 11) is 0. The predicted octanol–water partition coefficient (Wildman–Crippen LogP) is 3.08. The number of nitrogens with zero attached hydrogens (tertiary/aromatic N) is 2. The average molecular weight is 270 g/mol. The summed E-state index contributed by atoms with van der Waals surface area (Å²) in [6.07, 6.45) is 0.562. The maximum absolute atomic E-state index is 7.41. The van der Waals surface area contributed by atoms with Crippen molar-refractivity contribution in [2.45, 2.75) is 33.2 Å². The molecule has 0 atom stereocenters. The zero-order valence-electron chi connectivity index (χ0n) is 12.4. The number of aryl methyl sites for hydroxylation is 1. The highest BCUT2D eigenvalue weighted by Gasteiger charge is 2.15. The number of hydrogen-bond donors (Lipinski definition) is 2. The van der Waals surface area contributed by atoms with Gasteiger partial charge in [-0.05, 0) is 38.5 Å². The summed E-state index contributed by atoms with van der Waals surface area (Å²) in [6, 6.07) is 10.6. The second-order valence-corrected chi connectivity index (χ2v) is 5.38. The summed E-state index contributed by atoms with van der Waals surface area (Å²) >= 11 is 0. The van der Waals surface area contributed by atoms with Gasteiger partial charge in [0.25, 0.3) is 0 Å². The third kappa shape index (κ3) is 3.07. The Hall–Kier alpha value is -2.10. The van der Waals surface area contributed by atoms with Crippen molar-refractivity contribution < 1.29 is 0 Å². The minimum absolute atomic E-state index is 0.217. The Morgan fingerprint density at radius 2 is 2.05 bits per heavy atom. The van der Waals surface area contributed by atoms with Crippen LogP contribution in [0.15, 0.2) is 30.3 Å². The molecule has 106 valence electrons. The first-order valence-electron chi connectivity index (χ1n) is 6.95. The van der Waals surface area contributed by atoms with Crippen LogP contribution in [0.4, 0.5) is 5.82 Å². The van der Waals surface area contributed by atoms with E-state index in [0.717, 1.165) is 28.8 Å². The van der Waals surface area contributed by atoms with Crippen LogP contribution in [-0.4, -0.2) is 23.4 Å². The van der Waals surface area contributed by atoms with Gasteiger partial charge in [0.1, 0.15) is 5.82 Å². The van der Waals surface area contributed by atoms with Gasteiger partial charge >= 0.3 is 0 Å². The van der Waals surface area contributed by atoms with Crippen LogP contribution in [0, 0.1) is 12.3 Å². The number of benzene rings is 1. The van der Waals surface area contributed by atoms with E-state index in [4.69, 9.17) is 16.1 Å². The van der Waals surface area contributed by atoms with Gasteiger partial charge in [-0.15, -0.1) is 0 Å². The van der Waals surface area contributed by atoms with Crippen molar-refractivity contribution in [2.24, 2.45) is 5.73 Å². The largest absolute Gasteiger partial charge is 0.388 e. The fourth-order valence-electron chi connectivity index (χ4n) is 2.35. The number of amidine groups is 1. The van der Waals surface area contributed by atoms with Crippen molar-refractivity contribution in [3.05, 3.63) is 35.9 Å². The molecule has 0 saturated heterocycles. The molecular weight excluding hydrogens is 248 g/mol. The molecular formula is C16H22N4. The topological polar surface area (TPSA) is 66.0 Å². The molecule has 0 fully saturated rings. The Morgan fingerprint density at radius 1 is 1.35 bits per heavy atom. The van der Waals surface area contributed by atoms with Gasteiger partial charge in [0.05, 0.1) is 11.4 Å². The second-order valence-electron chi connectivity index (χ2n) is 5.38. The highest BCUT2D eigenvalue weighted by Crippen LogP contribution is 2.24. The summed E-state index contributed by atoms with van der Waals surface area (Å²) in [4.78, 5) is 7.00. The molecule has 0 radical (unpaired) electrons. The van der Waals surface area contributed by atoms with Gasteiger partial charge in [0, 0.05) is 24.4 Å². The molecule has 0 amide bonds. The number of nitrogens with one attached hydrogen (secondary N) is 1. The number of nitrogens with two attached hydrogens (primary N) is 1. The number of rotatable bonds is 5. The van der Waals surface area contributed by atoms with E-state index in [1.54, 1.807) is 0 Å². The lowest BCUT2D eigenvalue weighted by Gasteiger charge is -2.29. The maximum Gasteiger partial charge on any atom is 0.132 e. The van der Waals surface area contributed by atoms with Gasteiger partial charge in [0.15, 0.2) is 0 Å². The molecule has 20 heavy (non-hydrogen) atoms. The Balaban J connectivity index is 2.41. The molecule has 1 heterocycles. The van der Waals surface area contributed by atoms with Gasteiger partial charge in [-0.2, -0.15) is 0 Å². The molecule has 2 rings (SSSR count). The number of fused-ring (bicyclic) bond motifs is 1. The summed E-state index contributed by atoms with van der Waals surface area (Å²) in [6.45, 7) is 7.07. The molecule has 4 nitrogen and oxygen atoms in total. The van der Waals surface area contributed by atoms with Crippen LogP contribution in [0.3, 0.4) is 0 Å². The Bertz CT molecular complexity index is 619. The fourth-order valence-corrected chi connectivity index (χ4v) is 2.35. The number of pyridine rings is 1. The maximum atomic E-state index is 7.41. The van der Waals surface area contributed by atoms with E-state index in [1.165, 1.54) is 0 Å². The number of anilines is 1. The molecule has 0 aliphatic rings. The first-order chi connectivity index (χ1) is 9.49. The molecule has 0 aliphatic heterocycles. The van der Waals surface area contributed by atoms with Crippen LogP contribution in [0.5, 0.6) is 0 Å². The van der Waals surface area contributed by atoms with Crippen molar-refractivity contribution in [3.8, 4) is 0 Å². The normalized spacial score (nSPS) is 11.0. The number of hydrogen-bond acceptors (Lipinski definition) is 3. The highest BCUT2D eigenvalue weighted by molar-refractivity contribution is 5.82. The Labute approximate surface area is 120 Å². The SMILES string of the molecule is Cc1cc2ccccc2nc1N(CCC(=N)N)C(C)C. The third-order valence-electron chi connectivity index (χ3n) is 3.41. The zero-order chi connectivity index (χ0) is 14.7. The first-order valence-corrected chi connectivity index (χ1v) is 6.95. The quantitative estimate of drug-likeness (QED) is 0.648. The van der Waals surface area contributed by atoms with Gasteiger partial charge in [-0.3, -0.25) is 5.41 Å². The van der Waals surface area contributed by atoms with E-state index < -0.39 is 0 Å². The van der Waals surface area contributed by atoms with Crippen molar-refractivity contribution in [1.82, 2.24) is 4.98 Å². The van der Waals surface area contributed by atoms with E-state index in [0.29, 0.717) is 12.5 Å². The standard InChI is InChI=1S/C16H22N4/c1-11(2)20(9-8-15(17)18)16-12(3)10-13-6-4-5-7-14(13)19-16/h4-7,10-11H,8-9H2,1-3H3,(H3,17,18). The monoisotopic (exact) mass is 270 g/mol. The molecule has 0 spiro atoms. The zero-order valence-corrected chi connectivity index (χ0v) is 12.4. The van der Waals surface area contributed by atoms with Crippen LogP contribution in [0.1, 0.15) is 25.8 Å². The smallest absolute Gasteiger partial charge is 0.132 e. The van der Waals surface area contributed by atoms with Crippen molar-refractivity contribution in [3.63, 3.8) is 0 Å². The summed E-state index contributed by atoms with van der Waals surface area (Å²) in [5.74, 6) is 1.20. The molecule has 4 heteroatoms. The molecule has 3 N–H and O–H groups in total. The van der Waals surface area contributed by atoms with Crippen molar-refractivity contribution in [2.75, 3.05) is 11.4 Å². The first kappa shape index (κ1) is 14.3. The molecule has 0 aliphatic carbocycles.